The van der Waals surface area contributed by atoms with Crippen LogP contribution in [0.3, 0.4) is 0 Å². The summed E-state index contributed by atoms with van der Waals surface area (Å²) in [6.07, 6.45) is 3.93. The van der Waals surface area contributed by atoms with Crippen LogP contribution in [-0.4, -0.2) is 70.3 Å². The number of fused-ring (bicyclic) bond motifs is 5. The minimum atomic E-state index is -1.21. The smallest absolute Gasteiger partial charge is 0.321 e. The van der Waals surface area contributed by atoms with Crippen LogP contribution in [0.1, 0.15) is 78.6 Å². The monoisotopic (exact) mass is 542 g/mol. The van der Waals surface area contributed by atoms with E-state index in [9.17, 15) is 29.4 Å². The van der Waals surface area contributed by atoms with Crippen LogP contribution in [0.25, 0.3) is 0 Å². The SMILES string of the molecule is CC(=O)OCC12CCC(OC(C)=O)CC1(O)CCC1C2CCC2(C)C(C(=O)COC(=O)CCl)CCC12O. The predicted octanol–water partition coefficient (Wildman–Crippen LogP) is 2.70. The van der Waals surface area contributed by atoms with Gasteiger partial charge in [-0.25, -0.2) is 0 Å². The molecule has 208 valence electrons. The van der Waals surface area contributed by atoms with Crippen molar-refractivity contribution in [2.75, 3.05) is 19.1 Å². The largest absolute Gasteiger partial charge is 0.465 e. The topological polar surface area (TPSA) is 136 Å². The van der Waals surface area contributed by atoms with Crippen LogP contribution in [0.15, 0.2) is 0 Å². The van der Waals surface area contributed by atoms with Gasteiger partial charge < -0.3 is 24.4 Å². The number of hydrogen-bond donors (Lipinski definition) is 2. The second-order valence-corrected chi connectivity index (χ2v) is 12.2. The molecule has 0 radical (unpaired) electrons. The lowest BCUT2D eigenvalue weighted by molar-refractivity contribution is -0.272. The zero-order chi connectivity index (χ0) is 27.2. The molecule has 0 aromatic carbocycles. The van der Waals surface area contributed by atoms with Gasteiger partial charge in [-0.05, 0) is 63.2 Å². The Bertz CT molecular complexity index is 954. The van der Waals surface area contributed by atoms with E-state index in [2.05, 4.69) is 0 Å². The maximum Gasteiger partial charge on any atom is 0.321 e. The summed E-state index contributed by atoms with van der Waals surface area (Å²) in [5.74, 6) is -2.80. The molecule has 0 amide bonds. The van der Waals surface area contributed by atoms with E-state index in [1.54, 1.807) is 0 Å². The number of hydrogen-bond acceptors (Lipinski definition) is 9. The van der Waals surface area contributed by atoms with Crippen LogP contribution in [-0.2, 0) is 33.4 Å². The number of halogens is 1. The Balaban J connectivity index is 1.63. The number of aliphatic hydroxyl groups is 2. The van der Waals surface area contributed by atoms with Gasteiger partial charge in [0.1, 0.15) is 18.6 Å². The average Bonchev–Trinajstić information content (AvgIpc) is 3.11. The van der Waals surface area contributed by atoms with E-state index in [1.807, 2.05) is 6.92 Å². The lowest BCUT2D eigenvalue weighted by Crippen LogP contribution is -2.69. The molecule has 4 fully saturated rings. The minimum Gasteiger partial charge on any atom is -0.465 e. The van der Waals surface area contributed by atoms with Gasteiger partial charge in [-0.15, -0.1) is 11.6 Å². The van der Waals surface area contributed by atoms with Gasteiger partial charge in [0.05, 0.1) is 17.8 Å². The molecule has 4 aliphatic carbocycles. The van der Waals surface area contributed by atoms with Crippen LogP contribution in [0.2, 0.25) is 0 Å². The highest BCUT2D eigenvalue weighted by Crippen LogP contribution is 2.70. The van der Waals surface area contributed by atoms with Crippen molar-refractivity contribution in [3.63, 3.8) is 0 Å². The van der Waals surface area contributed by atoms with Crippen LogP contribution in [0.4, 0.5) is 0 Å². The Morgan fingerprint density at radius 3 is 2.24 bits per heavy atom. The molecule has 0 aromatic rings. The first-order chi connectivity index (χ1) is 17.3. The van der Waals surface area contributed by atoms with Crippen molar-refractivity contribution in [1.82, 2.24) is 0 Å². The summed E-state index contributed by atoms with van der Waals surface area (Å²) in [7, 11) is 0. The molecule has 0 aliphatic heterocycles. The summed E-state index contributed by atoms with van der Waals surface area (Å²) in [4.78, 5) is 48.1. The fraction of sp³-hybridized carbons (Fsp3) is 0.852. The number of esters is 3. The van der Waals surface area contributed by atoms with Crippen molar-refractivity contribution in [2.24, 2.45) is 28.6 Å². The molecule has 37 heavy (non-hydrogen) atoms. The van der Waals surface area contributed by atoms with Crippen molar-refractivity contribution in [1.29, 1.82) is 0 Å². The maximum atomic E-state index is 13.1. The van der Waals surface area contributed by atoms with E-state index in [-0.39, 0.29) is 43.1 Å². The highest BCUT2D eigenvalue weighted by molar-refractivity contribution is 6.26. The van der Waals surface area contributed by atoms with Crippen LogP contribution >= 0.6 is 11.6 Å². The van der Waals surface area contributed by atoms with Gasteiger partial charge in [0.25, 0.3) is 0 Å². The summed E-state index contributed by atoms with van der Waals surface area (Å²) in [5.41, 5.74) is -3.85. The third-order valence-electron chi connectivity index (χ3n) is 10.4. The normalized spacial score (nSPS) is 42.5. The summed E-state index contributed by atoms with van der Waals surface area (Å²) in [6, 6.07) is 0. The Hall–Kier alpha value is -1.71. The highest BCUT2D eigenvalue weighted by Gasteiger charge is 2.72. The van der Waals surface area contributed by atoms with Crippen molar-refractivity contribution >= 4 is 35.3 Å². The first-order valence-corrected chi connectivity index (χ1v) is 13.8. The maximum absolute atomic E-state index is 13.1. The molecule has 0 aromatic heterocycles. The minimum absolute atomic E-state index is 0.0380. The number of Topliss-reactive ketones (excluding diaryl/α,β-unsaturated/α-hetero) is 1. The van der Waals surface area contributed by atoms with Crippen LogP contribution in [0.5, 0.6) is 0 Å². The summed E-state index contributed by atoms with van der Waals surface area (Å²) < 4.78 is 16.0. The lowest BCUT2D eigenvalue weighted by Gasteiger charge is -2.66. The van der Waals surface area contributed by atoms with E-state index in [0.29, 0.717) is 51.4 Å². The van der Waals surface area contributed by atoms with Crippen molar-refractivity contribution in [3.8, 4) is 0 Å². The van der Waals surface area contributed by atoms with Crippen molar-refractivity contribution in [3.05, 3.63) is 0 Å². The van der Waals surface area contributed by atoms with E-state index in [0.717, 1.165) is 0 Å². The van der Waals surface area contributed by atoms with E-state index in [1.165, 1.54) is 13.8 Å². The first-order valence-electron chi connectivity index (χ1n) is 13.3. The van der Waals surface area contributed by atoms with Gasteiger partial charge in [-0.1, -0.05) is 6.92 Å². The molecule has 9 nitrogen and oxygen atoms in total. The summed E-state index contributed by atoms with van der Waals surface area (Å²) >= 11 is 5.49. The van der Waals surface area contributed by atoms with Crippen molar-refractivity contribution < 1.29 is 43.6 Å². The fourth-order valence-electron chi connectivity index (χ4n) is 8.66. The molecule has 4 aliphatic rings. The predicted molar refractivity (Wildman–Crippen MR) is 131 cm³/mol. The van der Waals surface area contributed by atoms with Gasteiger partial charge >= 0.3 is 17.9 Å². The summed E-state index contributed by atoms with van der Waals surface area (Å²) in [5, 5.41) is 24.4. The molecular formula is C27H39ClO9. The zero-order valence-corrected chi connectivity index (χ0v) is 22.7. The molecule has 4 rings (SSSR count). The third kappa shape index (κ3) is 4.59. The number of rotatable bonds is 7. The molecule has 10 heteroatoms. The quantitative estimate of drug-likeness (QED) is 0.282. The van der Waals surface area contributed by atoms with Gasteiger partial charge in [0, 0.05) is 37.0 Å². The number of carbonyl (C=O) groups is 4. The van der Waals surface area contributed by atoms with E-state index >= 15 is 0 Å². The Morgan fingerprint density at radius 2 is 1.59 bits per heavy atom. The first kappa shape index (κ1) is 28.3. The molecule has 0 bridgehead atoms. The molecule has 8 unspecified atom stereocenters. The highest BCUT2D eigenvalue weighted by atomic mass is 35.5. The molecule has 0 spiro atoms. The molecule has 0 heterocycles. The number of ketones is 1. The van der Waals surface area contributed by atoms with Crippen molar-refractivity contribution in [2.45, 2.75) is 95.9 Å². The van der Waals surface area contributed by atoms with Gasteiger partial charge in [-0.3, -0.25) is 19.2 Å². The Labute approximate surface area is 222 Å². The van der Waals surface area contributed by atoms with Gasteiger partial charge in [-0.2, -0.15) is 0 Å². The van der Waals surface area contributed by atoms with E-state index < -0.39 is 52.0 Å². The van der Waals surface area contributed by atoms with E-state index in [4.69, 9.17) is 25.8 Å². The average molecular weight is 543 g/mol. The van der Waals surface area contributed by atoms with Gasteiger partial charge in [0.2, 0.25) is 0 Å². The lowest BCUT2D eigenvalue weighted by atomic mass is 9.41. The molecule has 4 saturated carbocycles. The molecule has 2 N–H and O–H groups in total. The fourth-order valence-corrected chi connectivity index (χ4v) is 8.73. The standard InChI is InChI=1S/C27H39ClO9/c1-16(29)36-15-25-9-4-18(37-17(2)30)12-26(25,33)10-6-20-19(25)5-8-24(3)21(7-11-27(20,24)34)22(31)14-35-23(32)13-28/h18-21,33-34H,4-15H2,1-3H3. The van der Waals surface area contributed by atoms with Gasteiger partial charge in [0.15, 0.2) is 5.78 Å². The zero-order valence-electron chi connectivity index (χ0n) is 21.9. The molecule has 8 atom stereocenters. The second-order valence-electron chi connectivity index (χ2n) is 11.9. The summed E-state index contributed by atoms with van der Waals surface area (Å²) in [6.45, 7) is 4.34. The Kier molecular flexibility index (Phi) is 7.74. The van der Waals surface area contributed by atoms with Crippen LogP contribution in [0, 0.1) is 28.6 Å². The second kappa shape index (κ2) is 10.1. The van der Waals surface area contributed by atoms with Crippen LogP contribution < -0.4 is 0 Å². The molecule has 0 saturated heterocycles. The number of carbonyl (C=O) groups excluding carboxylic acids is 4. The molecular weight excluding hydrogens is 504 g/mol. The third-order valence-corrected chi connectivity index (χ3v) is 10.6. The number of alkyl halides is 1. The Morgan fingerprint density at radius 1 is 0.892 bits per heavy atom. The number of ether oxygens (including phenoxy) is 3.